The maximum Gasteiger partial charge on any atom is 0.511 e. The minimum Gasteiger partial charge on any atom is -0.475 e. The van der Waals surface area contributed by atoms with E-state index in [2.05, 4.69) is 4.98 Å². The van der Waals surface area contributed by atoms with E-state index in [4.69, 9.17) is 10.5 Å². The molecule has 0 unspecified atom stereocenters. The van der Waals surface area contributed by atoms with Gasteiger partial charge < -0.3 is 10.5 Å². The minimum absolute atomic E-state index is 0.0620. The number of primary amides is 1. The molecule has 0 aromatic carbocycles. The minimum atomic E-state index is -5.59. The molecule has 1 heterocycles. The molecule has 0 fully saturated rings. The number of sulfonamides is 1. The predicted molar refractivity (Wildman–Crippen MR) is 84.3 cm³/mol. The zero-order valence-electron chi connectivity index (χ0n) is 14.2. The van der Waals surface area contributed by atoms with Crippen LogP contribution in [0.1, 0.15) is 38.1 Å². The first-order valence-corrected chi connectivity index (χ1v) is 8.64. The van der Waals surface area contributed by atoms with Gasteiger partial charge in [-0.05, 0) is 39.8 Å². The van der Waals surface area contributed by atoms with Gasteiger partial charge in [-0.2, -0.15) is 17.5 Å². The van der Waals surface area contributed by atoms with Crippen LogP contribution in [0, 0.1) is 0 Å². The number of alkyl halides is 3. The van der Waals surface area contributed by atoms with Gasteiger partial charge in [0.1, 0.15) is 12.2 Å². The summed E-state index contributed by atoms with van der Waals surface area (Å²) in [6.07, 6.45) is 1.31. The van der Waals surface area contributed by atoms with Crippen molar-refractivity contribution in [1.82, 2.24) is 9.29 Å². The summed E-state index contributed by atoms with van der Waals surface area (Å²) in [6.45, 7) is 4.73. The number of ether oxygens (including phenoxy) is 1. The lowest BCUT2D eigenvalue weighted by molar-refractivity contribution is -0.0546. The first-order valence-electron chi connectivity index (χ1n) is 7.20. The van der Waals surface area contributed by atoms with Crippen LogP contribution in [0.5, 0.6) is 5.88 Å². The molecule has 11 heteroatoms. The number of amides is 1. The Balaban J connectivity index is 3.16. The number of halogens is 3. The van der Waals surface area contributed by atoms with E-state index >= 15 is 0 Å². The average Bonchev–Trinajstić information content (AvgIpc) is 2.43. The topological polar surface area (TPSA) is 103 Å². The fourth-order valence-electron chi connectivity index (χ4n) is 2.42. The van der Waals surface area contributed by atoms with Gasteiger partial charge >= 0.3 is 15.5 Å². The first-order chi connectivity index (χ1) is 11.2. The van der Waals surface area contributed by atoms with E-state index in [1.165, 1.54) is 46.0 Å². The van der Waals surface area contributed by atoms with Crippen molar-refractivity contribution in [2.24, 2.45) is 5.73 Å². The van der Waals surface area contributed by atoms with Crippen molar-refractivity contribution >= 4 is 15.9 Å². The molecule has 0 aliphatic heterocycles. The van der Waals surface area contributed by atoms with Crippen LogP contribution in [-0.4, -0.2) is 47.3 Å². The molecule has 0 atom stereocenters. The summed E-state index contributed by atoms with van der Waals surface area (Å²) in [5, 5.41) is 0. The molecule has 142 valence electrons. The van der Waals surface area contributed by atoms with E-state index in [1.54, 1.807) is 0 Å². The molecular weight excluding hydrogens is 363 g/mol. The highest BCUT2D eigenvalue weighted by molar-refractivity contribution is 7.90. The lowest BCUT2D eigenvalue weighted by atomic mass is 10.1. The summed E-state index contributed by atoms with van der Waals surface area (Å²) in [5.74, 6) is -1.01. The molecule has 0 radical (unpaired) electrons. The maximum atomic E-state index is 13.0. The van der Waals surface area contributed by atoms with Gasteiger partial charge in [0.05, 0.1) is 5.54 Å². The molecule has 0 aliphatic rings. The van der Waals surface area contributed by atoms with Gasteiger partial charge in [-0.15, -0.1) is 0 Å². The van der Waals surface area contributed by atoms with Crippen LogP contribution in [0.2, 0.25) is 0 Å². The lowest BCUT2D eigenvalue weighted by Crippen LogP contribution is -2.57. The molecule has 0 aliphatic carbocycles. The van der Waals surface area contributed by atoms with Gasteiger partial charge in [-0.1, -0.05) is 0 Å². The fourth-order valence-corrected chi connectivity index (χ4v) is 3.90. The van der Waals surface area contributed by atoms with Crippen LogP contribution in [0.15, 0.2) is 18.3 Å². The standard InChI is InChI=1S/C14H20F3N3O4S/c1-9(2)20(25(22,23)14(15,16)17)13(3,4)8-24-12-10(11(18)21)6-5-7-19-12/h5-7,9H,8H2,1-4H3,(H2,18,21). The van der Waals surface area contributed by atoms with Crippen LogP contribution in [0.4, 0.5) is 13.2 Å². The Labute approximate surface area is 144 Å². The second-order valence-electron chi connectivity index (χ2n) is 6.16. The van der Waals surface area contributed by atoms with Crippen molar-refractivity contribution < 1.29 is 31.1 Å². The van der Waals surface area contributed by atoms with Crippen molar-refractivity contribution in [3.05, 3.63) is 23.9 Å². The summed E-state index contributed by atoms with van der Waals surface area (Å²) in [4.78, 5) is 15.1. The number of aromatic nitrogens is 1. The van der Waals surface area contributed by atoms with E-state index in [0.29, 0.717) is 4.31 Å². The number of hydrogen-bond acceptors (Lipinski definition) is 5. The number of carbonyl (C=O) groups is 1. The van der Waals surface area contributed by atoms with Crippen molar-refractivity contribution in [3.63, 3.8) is 0 Å². The SMILES string of the molecule is CC(C)N(C(C)(C)COc1ncccc1C(N)=O)S(=O)(=O)C(F)(F)F. The van der Waals surface area contributed by atoms with Gasteiger partial charge in [0.15, 0.2) is 0 Å². The molecule has 25 heavy (non-hydrogen) atoms. The normalized spacial score (nSPS) is 13.3. The van der Waals surface area contributed by atoms with Crippen molar-refractivity contribution in [1.29, 1.82) is 0 Å². The summed E-state index contributed by atoms with van der Waals surface area (Å²) in [6, 6.07) is 1.79. The highest BCUT2D eigenvalue weighted by Gasteiger charge is 2.55. The zero-order valence-corrected chi connectivity index (χ0v) is 15.0. The van der Waals surface area contributed by atoms with E-state index in [0.717, 1.165) is 0 Å². The number of nitrogens with zero attached hydrogens (tertiary/aromatic N) is 2. The molecule has 0 saturated heterocycles. The third-order valence-electron chi connectivity index (χ3n) is 3.22. The monoisotopic (exact) mass is 383 g/mol. The van der Waals surface area contributed by atoms with Crippen LogP contribution in [-0.2, 0) is 10.0 Å². The number of nitrogens with two attached hydrogens (primary N) is 1. The second-order valence-corrected chi connectivity index (χ2v) is 7.97. The predicted octanol–water partition coefficient (Wildman–Crippen LogP) is 1.90. The Bertz CT molecular complexity index is 733. The third-order valence-corrected chi connectivity index (χ3v) is 5.23. The zero-order chi connectivity index (χ0) is 19.6. The van der Waals surface area contributed by atoms with E-state index in [1.807, 2.05) is 0 Å². The summed E-state index contributed by atoms with van der Waals surface area (Å²) < 4.78 is 68.3. The molecule has 0 saturated carbocycles. The highest BCUT2D eigenvalue weighted by Crippen LogP contribution is 2.34. The Morgan fingerprint density at radius 3 is 2.36 bits per heavy atom. The summed E-state index contributed by atoms with van der Waals surface area (Å²) in [7, 11) is -5.59. The Kier molecular flexibility index (Phi) is 6.06. The highest BCUT2D eigenvalue weighted by atomic mass is 32.2. The number of pyridine rings is 1. The molecule has 1 amide bonds. The largest absolute Gasteiger partial charge is 0.511 e. The van der Waals surface area contributed by atoms with Crippen molar-refractivity contribution in [2.45, 2.75) is 44.8 Å². The molecular formula is C14H20F3N3O4S. The summed E-state index contributed by atoms with van der Waals surface area (Å²) in [5.41, 5.74) is -1.91. The Morgan fingerprint density at radius 1 is 1.36 bits per heavy atom. The number of hydrogen-bond donors (Lipinski definition) is 1. The number of carbonyl (C=O) groups excluding carboxylic acids is 1. The van der Waals surface area contributed by atoms with Crippen molar-refractivity contribution in [2.75, 3.05) is 6.61 Å². The second kappa shape index (κ2) is 7.16. The van der Waals surface area contributed by atoms with E-state index < -0.39 is 39.6 Å². The van der Waals surface area contributed by atoms with Gasteiger partial charge in [-0.25, -0.2) is 13.4 Å². The van der Waals surface area contributed by atoms with Crippen LogP contribution in [0.3, 0.4) is 0 Å². The van der Waals surface area contributed by atoms with Crippen LogP contribution in [0.25, 0.3) is 0 Å². The quantitative estimate of drug-likeness (QED) is 0.775. The van der Waals surface area contributed by atoms with E-state index in [9.17, 15) is 26.4 Å². The molecule has 0 spiro atoms. The smallest absolute Gasteiger partial charge is 0.475 e. The molecule has 1 aromatic heterocycles. The molecule has 1 rings (SSSR count). The van der Waals surface area contributed by atoms with Crippen LogP contribution >= 0.6 is 0 Å². The first kappa shape index (κ1) is 21.2. The number of rotatable bonds is 7. The van der Waals surface area contributed by atoms with Gasteiger partial charge in [0.2, 0.25) is 5.88 Å². The summed E-state index contributed by atoms with van der Waals surface area (Å²) >= 11 is 0. The molecule has 0 bridgehead atoms. The molecule has 7 nitrogen and oxygen atoms in total. The van der Waals surface area contributed by atoms with E-state index in [-0.39, 0.29) is 11.4 Å². The average molecular weight is 383 g/mol. The third kappa shape index (κ3) is 4.60. The Morgan fingerprint density at radius 2 is 1.92 bits per heavy atom. The molecule has 1 aromatic rings. The Hall–Kier alpha value is -1.88. The molecule has 2 N–H and O–H groups in total. The van der Waals surface area contributed by atoms with Crippen LogP contribution < -0.4 is 10.5 Å². The lowest BCUT2D eigenvalue weighted by Gasteiger charge is -2.39. The fraction of sp³-hybridized carbons (Fsp3) is 0.571. The van der Waals surface area contributed by atoms with Gasteiger partial charge in [0.25, 0.3) is 5.91 Å². The van der Waals surface area contributed by atoms with Gasteiger partial charge in [-0.3, -0.25) is 4.79 Å². The van der Waals surface area contributed by atoms with Crippen molar-refractivity contribution in [3.8, 4) is 5.88 Å². The maximum absolute atomic E-state index is 13.0. The van der Waals surface area contributed by atoms with Gasteiger partial charge in [0, 0.05) is 12.2 Å².